The first kappa shape index (κ1) is 17.7. The van der Waals surface area contributed by atoms with Gasteiger partial charge in [-0.1, -0.05) is 12.1 Å². The fourth-order valence-electron chi connectivity index (χ4n) is 3.57. The van der Waals surface area contributed by atoms with Crippen LogP contribution in [0.15, 0.2) is 24.3 Å². The smallest absolute Gasteiger partial charge is 0.249 e. The van der Waals surface area contributed by atoms with E-state index in [9.17, 15) is 9.59 Å². The number of nitrogens with one attached hydrogen (secondary N) is 2. The molecular formula is C16H20N8O2S. The first-order chi connectivity index (χ1) is 12.8. The molecular weight excluding hydrogens is 368 g/mol. The van der Waals surface area contributed by atoms with Gasteiger partial charge in [-0.05, 0) is 42.0 Å². The summed E-state index contributed by atoms with van der Waals surface area (Å²) in [5, 5.41) is 16.5. The van der Waals surface area contributed by atoms with Crippen molar-refractivity contribution in [1.82, 2.24) is 30.8 Å². The van der Waals surface area contributed by atoms with Gasteiger partial charge < -0.3 is 21.7 Å². The van der Waals surface area contributed by atoms with Gasteiger partial charge in [-0.25, -0.2) is 5.10 Å². The molecule has 27 heavy (non-hydrogen) atoms. The van der Waals surface area contributed by atoms with Gasteiger partial charge in [0.05, 0.1) is 0 Å². The molecule has 6 N–H and O–H groups in total. The number of amides is 2. The number of hydrogen-bond acceptors (Lipinski definition) is 8. The second kappa shape index (κ2) is 6.20. The van der Waals surface area contributed by atoms with Crippen molar-refractivity contribution in [2.75, 3.05) is 5.73 Å². The minimum atomic E-state index is -0.874. The molecule has 0 aliphatic carbocycles. The monoisotopic (exact) mass is 388 g/mol. The second-order valence-corrected chi connectivity index (χ2v) is 8.95. The Labute approximate surface area is 159 Å². The Morgan fingerprint density at radius 3 is 2.70 bits per heavy atom. The number of fused-ring (bicyclic) bond motifs is 1. The predicted octanol–water partition coefficient (Wildman–Crippen LogP) is -0.298. The van der Waals surface area contributed by atoms with E-state index in [-0.39, 0.29) is 22.1 Å². The number of nitrogen functional groups attached to an aromatic ring is 1. The van der Waals surface area contributed by atoms with Crippen LogP contribution in [0, 0.1) is 0 Å². The van der Waals surface area contributed by atoms with Crippen LogP contribution < -0.4 is 16.8 Å². The summed E-state index contributed by atoms with van der Waals surface area (Å²) in [4.78, 5) is 27.0. The van der Waals surface area contributed by atoms with Gasteiger partial charge in [0, 0.05) is 10.4 Å². The average molecular weight is 388 g/mol. The zero-order chi connectivity index (χ0) is 19.3. The highest BCUT2D eigenvalue weighted by Crippen LogP contribution is 2.56. The van der Waals surface area contributed by atoms with Crippen LogP contribution in [0.2, 0.25) is 0 Å². The van der Waals surface area contributed by atoms with Gasteiger partial charge in [0.1, 0.15) is 23.5 Å². The first-order valence-corrected chi connectivity index (χ1v) is 9.32. The van der Waals surface area contributed by atoms with E-state index in [2.05, 4.69) is 25.9 Å². The van der Waals surface area contributed by atoms with Crippen molar-refractivity contribution >= 4 is 29.3 Å². The van der Waals surface area contributed by atoms with E-state index in [0.29, 0.717) is 17.1 Å². The van der Waals surface area contributed by atoms with Crippen LogP contribution in [0.25, 0.3) is 0 Å². The summed E-state index contributed by atoms with van der Waals surface area (Å²) in [7, 11) is 0. The number of rotatable bonds is 4. The molecule has 0 saturated carbocycles. The van der Waals surface area contributed by atoms with E-state index in [1.165, 1.54) is 0 Å². The van der Waals surface area contributed by atoms with Gasteiger partial charge in [0.15, 0.2) is 5.82 Å². The molecule has 0 radical (unpaired) electrons. The lowest BCUT2D eigenvalue weighted by Crippen LogP contribution is -2.68. The standard InChI is InChI=1S/C16H20N8O2S/c1-16(2)11(12-20-22-23-21-12)24-14(26)10(15(24)27-16)19-13(25)9(18)7-3-5-8(17)6-4-7/h3-6,9-11,15H,17-18H2,1-2H3,(H,19,25)(H,20,21,22,23)/t9?,10?,11?,15-/m0/s1. The zero-order valence-electron chi connectivity index (χ0n) is 14.8. The van der Waals surface area contributed by atoms with Crippen molar-refractivity contribution < 1.29 is 9.59 Å². The summed E-state index contributed by atoms with van der Waals surface area (Å²) in [6.07, 6.45) is 0. The van der Waals surface area contributed by atoms with E-state index in [0.717, 1.165) is 0 Å². The lowest BCUT2D eigenvalue weighted by atomic mass is 9.95. The summed E-state index contributed by atoms with van der Waals surface area (Å²) in [6, 6.07) is 5.00. The van der Waals surface area contributed by atoms with Crippen molar-refractivity contribution in [3.05, 3.63) is 35.7 Å². The van der Waals surface area contributed by atoms with Crippen LogP contribution in [0.1, 0.15) is 37.3 Å². The lowest BCUT2D eigenvalue weighted by molar-refractivity contribution is -0.152. The largest absolute Gasteiger partial charge is 0.399 e. The number of benzene rings is 1. The molecule has 10 nitrogen and oxygen atoms in total. The Hall–Kier alpha value is -2.66. The number of anilines is 1. The average Bonchev–Trinajstić information content (AvgIpc) is 3.23. The third kappa shape index (κ3) is 2.82. The predicted molar refractivity (Wildman–Crippen MR) is 98.9 cm³/mol. The molecule has 2 amide bonds. The Bertz CT molecular complexity index is 869. The van der Waals surface area contributed by atoms with Gasteiger partial charge >= 0.3 is 0 Å². The molecule has 2 saturated heterocycles. The quantitative estimate of drug-likeness (QED) is 0.411. The molecule has 1 aromatic carbocycles. The van der Waals surface area contributed by atoms with E-state index in [1.807, 2.05) is 13.8 Å². The topological polar surface area (TPSA) is 156 Å². The highest BCUT2D eigenvalue weighted by molar-refractivity contribution is 8.01. The van der Waals surface area contributed by atoms with Crippen LogP contribution in [0.3, 0.4) is 0 Å². The zero-order valence-corrected chi connectivity index (χ0v) is 15.6. The molecule has 2 aromatic rings. The van der Waals surface area contributed by atoms with Gasteiger partial charge in [0.2, 0.25) is 11.8 Å². The van der Waals surface area contributed by atoms with Gasteiger partial charge in [-0.3, -0.25) is 9.59 Å². The highest BCUT2D eigenvalue weighted by atomic mass is 32.2. The number of H-pyrrole nitrogens is 1. The minimum Gasteiger partial charge on any atom is -0.399 e. The maximum absolute atomic E-state index is 12.7. The number of hydrogen-bond donors (Lipinski definition) is 4. The maximum Gasteiger partial charge on any atom is 0.249 e. The fraction of sp³-hybridized carbons (Fsp3) is 0.438. The number of aromatic nitrogens is 4. The fourth-order valence-corrected chi connectivity index (χ4v) is 5.21. The molecule has 0 bridgehead atoms. The number of carbonyl (C=O) groups is 2. The third-order valence-corrected chi connectivity index (χ3v) is 6.51. The van der Waals surface area contributed by atoms with Gasteiger partial charge in [-0.15, -0.1) is 16.9 Å². The van der Waals surface area contributed by atoms with Crippen molar-refractivity contribution in [1.29, 1.82) is 0 Å². The summed E-state index contributed by atoms with van der Waals surface area (Å²) < 4.78 is -0.305. The summed E-state index contributed by atoms with van der Waals surface area (Å²) in [6.45, 7) is 4.05. The van der Waals surface area contributed by atoms with E-state index in [1.54, 1.807) is 40.9 Å². The number of tetrazole rings is 1. The van der Waals surface area contributed by atoms with Crippen LogP contribution in [-0.4, -0.2) is 53.5 Å². The molecule has 142 valence electrons. The number of carbonyl (C=O) groups excluding carboxylic acids is 2. The normalized spacial score (nSPS) is 27.0. The molecule has 11 heteroatoms. The Kier molecular flexibility index (Phi) is 4.07. The van der Waals surface area contributed by atoms with Crippen molar-refractivity contribution in [3.8, 4) is 0 Å². The molecule has 4 atom stereocenters. The Morgan fingerprint density at radius 1 is 1.37 bits per heavy atom. The number of aromatic amines is 1. The van der Waals surface area contributed by atoms with E-state index < -0.39 is 18.0 Å². The van der Waals surface area contributed by atoms with Gasteiger partial charge in [0.25, 0.3) is 0 Å². The van der Waals surface area contributed by atoms with Crippen molar-refractivity contribution in [3.63, 3.8) is 0 Å². The van der Waals surface area contributed by atoms with Gasteiger partial charge in [-0.2, -0.15) is 0 Å². The van der Waals surface area contributed by atoms with Crippen molar-refractivity contribution in [2.45, 2.75) is 42.1 Å². The van der Waals surface area contributed by atoms with E-state index in [4.69, 9.17) is 11.5 Å². The number of β-lactam (4-membered cyclic amide) rings is 1. The minimum absolute atomic E-state index is 0.169. The summed E-state index contributed by atoms with van der Waals surface area (Å²) in [5.41, 5.74) is 12.9. The first-order valence-electron chi connectivity index (χ1n) is 8.44. The van der Waals surface area contributed by atoms with E-state index >= 15 is 0 Å². The molecule has 2 aliphatic heterocycles. The maximum atomic E-state index is 12.7. The SMILES string of the molecule is CC1(C)S[C@H]2C(NC(=O)C(N)c3ccc(N)cc3)C(=O)N2C1c1nnn[nH]1. The molecule has 1 aromatic heterocycles. The Morgan fingerprint density at radius 2 is 2.07 bits per heavy atom. The summed E-state index contributed by atoms with van der Waals surface area (Å²) in [5.74, 6) is -0.0370. The molecule has 2 fully saturated rings. The number of nitrogens with two attached hydrogens (primary N) is 2. The molecule has 2 aliphatic rings. The van der Waals surface area contributed by atoms with Crippen LogP contribution in [0.5, 0.6) is 0 Å². The highest BCUT2D eigenvalue weighted by Gasteiger charge is 2.63. The molecule has 4 rings (SSSR count). The van der Waals surface area contributed by atoms with Crippen LogP contribution >= 0.6 is 11.8 Å². The number of nitrogens with zero attached hydrogens (tertiary/aromatic N) is 4. The molecule has 0 spiro atoms. The number of thioether (sulfide) groups is 1. The molecule has 3 unspecified atom stereocenters. The molecule has 3 heterocycles. The van der Waals surface area contributed by atoms with Crippen molar-refractivity contribution in [2.24, 2.45) is 5.73 Å². The Balaban J connectivity index is 1.48. The van der Waals surface area contributed by atoms with Crippen LogP contribution in [-0.2, 0) is 9.59 Å². The summed E-state index contributed by atoms with van der Waals surface area (Å²) >= 11 is 1.60. The third-order valence-electron chi connectivity index (χ3n) is 4.94. The van der Waals surface area contributed by atoms with Crippen LogP contribution in [0.4, 0.5) is 5.69 Å². The lowest BCUT2D eigenvalue weighted by Gasteiger charge is -2.44. The second-order valence-electron chi connectivity index (χ2n) is 7.18.